The Kier molecular flexibility index (Phi) is 4.56. The first-order valence-corrected chi connectivity index (χ1v) is 8.17. The van der Waals surface area contributed by atoms with E-state index >= 15 is 0 Å². The number of nitrogens with one attached hydrogen (secondary N) is 1. The fourth-order valence-electron chi connectivity index (χ4n) is 2.56. The molecule has 0 spiro atoms. The molecule has 1 N–H and O–H groups in total. The van der Waals surface area contributed by atoms with Crippen LogP contribution in [0.3, 0.4) is 0 Å². The lowest BCUT2D eigenvalue weighted by Crippen LogP contribution is -2.32. The fourth-order valence-corrected chi connectivity index (χ4v) is 3.73. The van der Waals surface area contributed by atoms with Crippen LogP contribution in [0.15, 0.2) is 29.2 Å². The van der Waals surface area contributed by atoms with Crippen LogP contribution in [0, 0.1) is 16.0 Å². The Morgan fingerprint density at radius 3 is 2.52 bits per heavy atom. The summed E-state index contributed by atoms with van der Waals surface area (Å²) < 4.78 is 26.1. The van der Waals surface area contributed by atoms with Crippen molar-refractivity contribution >= 4 is 21.6 Å². The number of benzene rings is 1. The van der Waals surface area contributed by atoms with Crippen molar-refractivity contribution in [3.63, 3.8) is 0 Å². The molecule has 0 saturated heterocycles. The highest BCUT2D eigenvalue weighted by molar-refractivity contribution is 7.90. The molecule has 1 amide bonds. The number of hydrogen-bond acceptors (Lipinski definition) is 5. The zero-order valence-corrected chi connectivity index (χ0v) is 12.1. The number of carbonyl (C=O) groups excluding carboxylic acids is 1. The SMILES string of the molecule is O=C(CC1CCCC1)NS(=O)(=O)c1ccccc1[N+](=O)[O-]. The summed E-state index contributed by atoms with van der Waals surface area (Å²) in [4.78, 5) is 21.4. The fraction of sp³-hybridized carbons (Fsp3) is 0.462. The molecule has 0 aliphatic heterocycles. The molecule has 8 heteroatoms. The van der Waals surface area contributed by atoms with Crippen LogP contribution in [-0.4, -0.2) is 19.2 Å². The van der Waals surface area contributed by atoms with Gasteiger partial charge in [0.25, 0.3) is 15.7 Å². The minimum Gasteiger partial charge on any atom is -0.274 e. The molecule has 21 heavy (non-hydrogen) atoms. The van der Waals surface area contributed by atoms with Gasteiger partial charge in [-0.3, -0.25) is 14.9 Å². The molecule has 0 radical (unpaired) electrons. The van der Waals surface area contributed by atoms with Crippen molar-refractivity contribution in [1.29, 1.82) is 0 Å². The minimum atomic E-state index is -4.22. The quantitative estimate of drug-likeness (QED) is 0.661. The van der Waals surface area contributed by atoms with Crippen molar-refractivity contribution < 1.29 is 18.1 Å². The maximum Gasteiger partial charge on any atom is 0.289 e. The third-order valence-corrected chi connectivity index (χ3v) is 4.97. The van der Waals surface area contributed by atoms with Gasteiger partial charge in [-0.2, -0.15) is 0 Å². The predicted molar refractivity (Wildman–Crippen MR) is 75.0 cm³/mol. The Morgan fingerprint density at radius 1 is 1.29 bits per heavy atom. The van der Waals surface area contributed by atoms with Crippen LogP contribution in [0.5, 0.6) is 0 Å². The second-order valence-electron chi connectivity index (χ2n) is 5.11. The highest BCUT2D eigenvalue weighted by Crippen LogP contribution is 2.28. The van der Waals surface area contributed by atoms with E-state index in [-0.39, 0.29) is 12.3 Å². The highest BCUT2D eigenvalue weighted by Gasteiger charge is 2.28. The van der Waals surface area contributed by atoms with Gasteiger partial charge < -0.3 is 0 Å². The summed E-state index contributed by atoms with van der Waals surface area (Å²) in [7, 11) is -4.22. The Hall–Kier alpha value is -1.96. The number of nitro benzene ring substituents is 1. The number of nitrogens with zero attached hydrogens (tertiary/aromatic N) is 1. The van der Waals surface area contributed by atoms with E-state index in [1.165, 1.54) is 12.1 Å². The van der Waals surface area contributed by atoms with Crippen LogP contribution in [0.1, 0.15) is 32.1 Å². The lowest BCUT2D eigenvalue weighted by atomic mass is 10.0. The van der Waals surface area contributed by atoms with Gasteiger partial charge in [0.05, 0.1) is 4.92 Å². The summed E-state index contributed by atoms with van der Waals surface area (Å²) >= 11 is 0. The van der Waals surface area contributed by atoms with E-state index in [0.29, 0.717) is 0 Å². The van der Waals surface area contributed by atoms with Crippen molar-refractivity contribution in [3.05, 3.63) is 34.4 Å². The van der Waals surface area contributed by atoms with Gasteiger partial charge in [0, 0.05) is 12.5 Å². The number of para-hydroxylation sites is 1. The number of sulfonamides is 1. The second-order valence-corrected chi connectivity index (χ2v) is 6.76. The first kappa shape index (κ1) is 15.4. The summed E-state index contributed by atoms with van der Waals surface area (Å²) in [6, 6.07) is 4.96. The van der Waals surface area contributed by atoms with Crippen LogP contribution in [0.25, 0.3) is 0 Å². The number of rotatable bonds is 5. The molecule has 0 unspecified atom stereocenters. The maximum atomic E-state index is 12.1. The van der Waals surface area contributed by atoms with Gasteiger partial charge in [-0.15, -0.1) is 0 Å². The molecule has 1 aliphatic rings. The lowest BCUT2D eigenvalue weighted by Gasteiger charge is -2.10. The van der Waals surface area contributed by atoms with Crippen molar-refractivity contribution in [2.24, 2.45) is 5.92 Å². The summed E-state index contributed by atoms with van der Waals surface area (Å²) in [5, 5.41) is 10.9. The highest BCUT2D eigenvalue weighted by atomic mass is 32.2. The largest absolute Gasteiger partial charge is 0.289 e. The van der Waals surface area contributed by atoms with Gasteiger partial charge in [-0.25, -0.2) is 13.1 Å². The molecule has 2 rings (SSSR count). The third kappa shape index (κ3) is 3.78. The Morgan fingerprint density at radius 2 is 1.90 bits per heavy atom. The molecule has 1 aliphatic carbocycles. The standard InChI is InChI=1S/C13H16N2O5S/c16-13(9-10-5-1-2-6-10)14-21(19,20)12-8-4-3-7-11(12)15(17)18/h3-4,7-8,10H,1-2,5-6,9H2,(H,14,16). The van der Waals surface area contributed by atoms with Crippen molar-refractivity contribution in [2.45, 2.75) is 37.0 Å². The number of nitro groups is 1. The van der Waals surface area contributed by atoms with E-state index in [0.717, 1.165) is 37.8 Å². The van der Waals surface area contributed by atoms with Gasteiger partial charge in [0.15, 0.2) is 4.90 Å². The molecule has 1 saturated carbocycles. The molecule has 0 bridgehead atoms. The van der Waals surface area contributed by atoms with E-state index < -0.39 is 31.4 Å². The molecule has 0 aromatic heterocycles. The average molecular weight is 312 g/mol. The third-order valence-electron chi connectivity index (χ3n) is 3.55. The van der Waals surface area contributed by atoms with E-state index in [4.69, 9.17) is 0 Å². The Balaban J connectivity index is 2.14. The van der Waals surface area contributed by atoms with Crippen LogP contribution in [0.4, 0.5) is 5.69 Å². The monoisotopic (exact) mass is 312 g/mol. The summed E-state index contributed by atoms with van der Waals surface area (Å²) in [5.41, 5.74) is -0.543. The topological polar surface area (TPSA) is 106 Å². The zero-order chi connectivity index (χ0) is 15.5. The van der Waals surface area contributed by atoms with Crippen molar-refractivity contribution in [2.75, 3.05) is 0 Å². The summed E-state index contributed by atoms with van der Waals surface area (Å²) in [5.74, 6) is -0.411. The Bertz CT molecular complexity index is 650. The molecule has 114 valence electrons. The molecule has 0 atom stereocenters. The zero-order valence-electron chi connectivity index (χ0n) is 11.3. The molecule has 0 heterocycles. The van der Waals surface area contributed by atoms with Gasteiger partial charge in [0.2, 0.25) is 5.91 Å². The van der Waals surface area contributed by atoms with Crippen LogP contribution in [0.2, 0.25) is 0 Å². The molecule has 1 fully saturated rings. The van der Waals surface area contributed by atoms with E-state index in [9.17, 15) is 23.3 Å². The first-order valence-electron chi connectivity index (χ1n) is 6.69. The molecular weight excluding hydrogens is 296 g/mol. The average Bonchev–Trinajstić information content (AvgIpc) is 2.90. The normalized spacial score (nSPS) is 15.8. The number of carbonyl (C=O) groups is 1. The van der Waals surface area contributed by atoms with Gasteiger partial charge in [-0.1, -0.05) is 25.0 Å². The Labute approximate surface area is 122 Å². The van der Waals surface area contributed by atoms with Crippen molar-refractivity contribution in [1.82, 2.24) is 4.72 Å². The van der Waals surface area contributed by atoms with E-state index in [1.54, 1.807) is 0 Å². The molecule has 1 aromatic rings. The van der Waals surface area contributed by atoms with E-state index in [1.807, 2.05) is 4.72 Å². The van der Waals surface area contributed by atoms with Crippen LogP contribution >= 0.6 is 0 Å². The smallest absolute Gasteiger partial charge is 0.274 e. The predicted octanol–water partition coefficient (Wildman–Crippen LogP) is 1.98. The van der Waals surface area contributed by atoms with E-state index in [2.05, 4.69) is 0 Å². The molecule has 7 nitrogen and oxygen atoms in total. The van der Waals surface area contributed by atoms with Crippen LogP contribution in [-0.2, 0) is 14.8 Å². The summed E-state index contributed by atoms with van der Waals surface area (Å²) in [6.45, 7) is 0. The number of amides is 1. The van der Waals surface area contributed by atoms with Gasteiger partial charge in [-0.05, 0) is 24.8 Å². The summed E-state index contributed by atoms with van der Waals surface area (Å²) in [6.07, 6.45) is 4.07. The van der Waals surface area contributed by atoms with Crippen molar-refractivity contribution in [3.8, 4) is 0 Å². The van der Waals surface area contributed by atoms with Gasteiger partial charge >= 0.3 is 0 Å². The maximum absolute atomic E-state index is 12.1. The lowest BCUT2D eigenvalue weighted by molar-refractivity contribution is -0.387. The molecular formula is C13H16N2O5S. The number of hydrogen-bond donors (Lipinski definition) is 1. The first-order chi connectivity index (χ1) is 9.90. The molecule has 1 aromatic carbocycles. The van der Waals surface area contributed by atoms with Gasteiger partial charge in [0.1, 0.15) is 0 Å². The van der Waals surface area contributed by atoms with Crippen LogP contribution < -0.4 is 4.72 Å². The minimum absolute atomic E-state index is 0.139. The second kappa shape index (κ2) is 6.21.